The van der Waals surface area contributed by atoms with E-state index in [4.69, 9.17) is 0 Å². The smallest absolute Gasteiger partial charge is 0.00933 e. The van der Waals surface area contributed by atoms with Crippen molar-refractivity contribution in [1.82, 2.24) is 10.2 Å². The second kappa shape index (κ2) is 9.80. The maximum absolute atomic E-state index is 3.67. The highest BCUT2D eigenvalue weighted by Gasteiger charge is 2.22. The first-order valence-electron chi connectivity index (χ1n) is 8.21. The molecule has 2 heteroatoms. The molecule has 0 aliphatic heterocycles. The van der Waals surface area contributed by atoms with E-state index in [0.717, 1.165) is 12.1 Å². The molecule has 1 rings (SSSR count). The van der Waals surface area contributed by atoms with Gasteiger partial charge in [-0.1, -0.05) is 33.1 Å². The zero-order chi connectivity index (χ0) is 13.2. The molecule has 0 aromatic carbocycles. The lowest BCUT2D eigenvalue weighted by Gasteiger charge is -2.35. The molecule has 0 radical (unpaired) electrons. The van der Waals surface area contributed by atoms with Crippen LogP contribution in [0.15, 0.2) is 0 Å². The summed E-state index contributed by atoms with van der Waals surface area (Å²) in [6, 6.07) is 1.65. The molecule has 1 aliphatic carbocycles. The molecule has 0 bridgehead atoms. The average Bonchev–Trinajstić information content (AvgIpc) is 2.41. The number of nitrogens with one attached hydrogen (secondary N) is 1. The molecule has 1 N–H and O–H groups in total. The minimum absolute atomic E-state index is 0.801. The fraction of sp³-hybridized carbons (Fsp3) is 1.00. The SMILES string of the molecule is CCCCCCN(C)C1CCC(NCCC)CC1. The summed E-state index contributed by atoms with van der Waals surface area (Å²) < 4.78 is 0. The molecular weight excluding hydrogens is 220 g/mol. The molecule has 2 nitrogen and oxygen atoms in total. The fourth-order valence-electron chi connectivity index (χ4n) is 3.04. The van der Waals surface area contributed by atoms with Gasteiger partial charge in [0.2, 0.25) is 0 Å². The molecule has 1 aliphatic rings. The Morgan fingerprint density at radius 1 is 0.944 bits per heavy atom. The molecule has 0 aromatic rings. The van der Waals surface area contributed by atoms with Gasteiger partial charge >= 0.3 is 0 Å². The van der Waals surface area contributed by atoms with E-state index in [1.165, 1.54) is 70.9 Å². The summed E-state index contributed by atoms with van der Waals surface area (Å²) in [7, 11) is 2.33. The van der Waals surface area contributed by atoms with E-state index < -0.39 is 0 Å². The van der Waals surface area contributed by atoms with Gasteiger partial charge in [0, 0.05) is 12.1 Å². The van der Waals surface area contributed by atoms with E-state index in [1.807, 2.05) is 0 Å². The van der Waals surface area contributed by atoms with Gasteiger partial charge in [0.05, 0.1) is 0 Å². The number of unbranched alkanes of at least 4 members (excludes halogenated alkanes) is 3. The minimum atomic E-state index is 0.801. The Bertz CT molecular complexity index is 186. The maximum Gasteiger partial charge on any atom is 0.00933 e. The first-order valence-corrected chi connectivity index (χ1v) is 8.21. The van der Waals surface area contributed by atoms with Gasteiger partial charge in [0.15, 0.2) is 0 Å². The van der Waals surface area contributed by atoms with Crippen LogP contribution in [0.2, 0.25) is 0 Å². The Morgan fingerprint density at radius 3 is 2.28 bits per heavy atom. The van der Waals surface area contributed by atoms with Gasteiger partial charge in [0.1, 0.15) is 0 Å². The van der Waals surface area contributed by atoms with Gasteiger partial charge in [0.25, 0.3) is 0 Å². The lowest BCUT2D eigenvalue weighted by molar-refractivity contribution is 0.171. The Balaban J connectivity index is 2.09. The van der Waals surface area contributed by atoms with Crippen LogP contribution in [0.25, 0.3) is 0 Å². The monoisotopic (exact) mass is 254 g/mol. The van der Waals surface area contributed by atoms with Gasteiger partial charge < -0.3 is 10.2 Å². The van der Waals surface area contributed by atoms with Crippen LogP contribution in [-0.2, 0) is 0 Å². The summed E-state index contributed by atoms with van der Waals surface area (Å²) in [5.41, 5.74) is 0. The van der Waals surface area contributed by atoms with Crippen LogP contribution in [-0.4, -0.2) is 37.1 Å². The highest BCUT2D eigenvalue weighted by Crippen LogP contribution is 2.22. The van der Waals surface area contributed by atoms with Crippen molar-refractivity contribution in [1.29, 1.82) is 0 Å². The molecule has 108 valence electrons. The summed E-state index contributed by atoms with van der Waals surface area (Å²) in [5.74, 6) is 0. The van der Waals surface area contributed by atoms with Gasteiger partial charge in [-0.3, -0.25) is 0 Å². The van der Waals surface area contributed by atoms with Gasteiger partial charge in [-0.2, -0.15) is 0 Å². The Hall–Kier alpha value is -0.0800. The van der Waals surface area contributed by atoms with Crippen LogP contribution in [0, 0.1) is 0 Å². The first-order chi connectivity index (χ1) is 8.77. The number of nitrogens with zero attached hydrogens (tertiary/aromatic N) is 1. The zero-order valence-electron chi connectivity index (χ0n) is 12.9. The van der Waals surface area contributed by atoms with Crippen molar-refractivity contribution in [3.05, 3.63) is 0 Å². The molecule has 0 aromatic heterocycles. The van der Waals surface area contributed by atoms with E-state index in [2.05, 4.69) is 31.1 Å². The maximum atomic E-state index is 3.67. The van der Waals surface area contributed by atoms with Crippen LogP contribution in [0.1, 0.15) is 71.6 Å². The zero-order valence-corrected chi connectivity index (χ0v) is 12.9. The lowest BCUT2D eigenvalue weighted by atomic mass is 9.90. The van der Waals surface area contributed by atoms with E-state index in [-0.39, 0.29) is 0 Å². The van der Waals surface area contributed by atoms with Crippen molar-refractivity contribution >= 4 is 0 Å². The normalized spacial score (nSPS) is 24.7. The largest absolute Gasteiger partial charge is 0.314 e. The second-order valence-corrected chi connectivity index (χ2v) is 6.00. The molecule has 0 heterocycles. The van der Waals surface area contributed by atoms with Crippen molar-refractivity contribution in [2.75, 3.05) is 20.1 Å². The predicted octanol–water partition coefficient (Wildman–Crippen LogP) is 3.81. The first kappa shape index (κ1) is 16.0. The molecule has 0 amide bonds. The van der Waals surface area contributed by atoms with Gasteiger partial charge in [-0.25, -0.2) is 0 Å². The lowest BCUT2D eigenvalue weighted by Crippen LogP contribution is -2.41. The number of hydrogen-bond donors (Lipinski definition) is 1. The molecule has 0 spiro atoms. The highest BCUT2D eigenvalue weighted by atomic mass is 15.1. The summed E-state index contributed by atoms with van der Waals surface area (Å²) in [6.45, 7) is 7.04. The molecule has 1 fully saturated rings. The summed E-state index contributed by atoms with van der Waals surface area (Å²) in [4.78, 5) is 2.62. The third kappa shape index (κ3) is 6.19. The Morgan fingerprint density at radius 2 is 1.67 bits per heavy atom. The summed E-state index contributed by atoms with van der Waals surface area (Å²) in [6.07, 6.45) is 12.4. The Kier molecular flexibility index (Phi) is 8.70. The third-order valence-corrected chi connectivity index (χ3v) is 4.37. The average molecular weight is 254 g/mol. The molecule has 0 atom stereocenters. The van der Waals surface area contributed by atoms with E-state index in [9.17, 15) is 0 Å². The van der Waals surface area contributed by atoms with Crippen LogP contribution < -0.4 is 5.32 Å². The van der Waals surface area contributed by atoms with Crippen LogP contribution >= 0.6 is 0 Å². The van der Waals surface area contributed by atoms with Gasteiger partial charge in [-0.15, -0.1) is 0 Å². The third-order valence-electron chi connectivity index (χ3n) is 4.37. The molecule has 1 saturated carbocycles. The standard InChI is InChI=1S/C16H34N2/c1-4-6-7-8-14-18(3)16-11-9-15(10-12-16)17-13-5-2/h15-17H,4-14H2,1-3H3. The molecule has 0 unspecified atom stereocenters. The minimum Gasteiger partial charge on any atom is -0.314 e. The van der Waals surface area contributed by atoms with Crippen molar-refractivity contribution in [2.24, 2.45) is 0 Å². The van der Waals surface area contributed by atoms with E-state index in [1.54, 1.807) is 0 Å². The highest BCUT2D eigenvalue weighted by molar-refractivity contribution is 4.81. The van der Waals surface area contributed by atoms with Crippen molar-refractivity contribution in [3.63, 3.8) is 0 Å². The van der Waals surface area contributed by atoms with Crippen molar-refractivity contribution in [2.45, 2.75) is 83.7 Å². The van der Waals surface area contributed by atoms with Crippen molar-refractivity contribution < 1.29 is 0 Å². The van der Waals surface area contributed by atoms with E-state index >= 15 is 0 Å². The van der Waals surface area contributed by atoms with Crippen molar-refractivity contribution in [3.8, 4) is 0 Å². The molecule has 18 heavy (non-hydrogen) atoms. The Labute approximate surface area is 115 Å². The molecular formula is C16H34N2. The molecule has 0 saturated heterocycles. The second-order valence-electron chi connectivity index (χ2n) is 6.00. The van der Waals surface area contributed by atoms with Crippen LogP contribution in [0.4, 0.5) is 0 Å². The summed E-state index contributed by atoms with van der Waals surface area (Å²) in [5, 5.41) is 3.67. The van der Waals surface area contributed by atoms with Gasteiger partial charge in [-0.05, 0) is 58.7 Å². The van der Waals surface area contributed by atoms with E-state index in [0.29, 0.717) is 0 Å². The number of rotatable bonds is 9. The number of hydrogen-bond acceptors (Lipinski definition) is 2. The topological polar surface area (TPSA) is 15.3 Å². The van der Waals surface area contributed by atoms with Crippen LogP contribution in [0.5, 0.6) is 0 Å². The quantitative estimate of drug-likeness (QED) is 0.629. The predicted molar refractivity (Wildman–Crippen MR) is 81.1 cm³/mol. The fourth-order valence-corrected chi connectivity index (χ4v) is 3.04. The van der Waals surface area contributed by atoms with Crippen LogP contribution in [0.3, 0.4) is 0 Å². The summed E-state index contributed by atoms with van der Waals surface area (Å²) >= 11 is 0.